The molecule has 10 heteroatoms. The summed E-state index contributed by atoms with van der Waals surface area (Å²) in [5.74, 6) is -0.188. The van der Waals surface area contributed by atoms with Crippen LogP contribution >= 0.6 is 35.0 Å². The van der Waals surface area contributed by atoms with Gasteiger partial charge in [-0.25, -0.2) is 0 Å². The molecule has 1 aromatic heterocycles. The highest BCUT2D eigenvalue weighted by Crippen LogP contribution is 2.54. The van der Waals surface area contributed by atoms with Crippen LogP contribution in [0.4, 0.5) is 0 Å². The van der Waals surface area contributed by atoms with E-state index in [0.29, 0.717) is 23.1 Å². The molecule has 6 rings (SSSR count). The smallest absolute Gasteiger partial charge is 0.239 e. The third-order valence-electron chi connectivity index (χ3n) is 8.58. The van der Waals surface area contributed by atoms with E-state index in [1.807, 2.05) is 84.8 Å². The molecular formula is C34H37Cl2N5O2S. The number of thioether (sulfide) groups is 1. The summed E-state index contributed by atoms with van der Waals surface area (Å²) >= 11 is 14.0. The van der Waals surface area contributed by atoms with Crippen LogP contribution in [0.1, 0.15) is 35.6 Å². The largest absolute Gasteiger partial charge is 0.361 e. The zero-order valence-corrected chi connectivity index (χ0v) is 27.1. The van der Waals surface area contributed by atoms with Gasteiger partial charge >= 0.3 is 0 Å². The normalized spacial score (nSPS) is 20.8. The van der Waals surface area contributed by atoms with E-state index in [1.165, 1.54) is 11.8 Å². The summed E-state index contributed by atoms with van der Waals surface area (Å²) in [4.78, 5) is 37.3. The number of nitrogens with one attached hydrogen (secondary N) is 3. The van der Waals surface area contributed by atoms with Crippen molar-refractivity contribution in [2.75, 3.05) is 39.3 Å². The number of piperazine rings is 1. The molecule has 2 saturated heterocycles. The number of benzene rings is 3. The number of amides is 2. The molecule has 0 radical (unpaired) electrons. The van der Waals surface area contributed by atoms with E-state index in [2.05, 4.69) is 20.5 Å². The second kappa shape index (κ2) is 13.5. The predicted octanol–water partition coefficient (Wildman–Crippen LogP) is 6.20. The van der Waals surface area contributed by atoms with Crippen molar-refractivity contribution < 1.29 is 9.59 Å². The van der Waals surface area contributed by atoms with Crippen LogP contribution in [0.2, 0.25) is 10.0 Å². The predicted molar refractivity (Wildman–Crippen MR) is 179 cm³/mol. The lowest BCUT2D eigenvalue weighted by atomic mass is 9.91. The third-order valence-corrected chi connectivity index (χ3v) is 10.5. The first kappa shape index (κ1) is 31.0. The Bertz CT molecular complexity index is 1620. The highest BCUT2D eigenvalue weighted by molar-refractivity contribution is 8.01. The van der Waals surface area contributed by atoms with Crippen molar-refractivity contribution in [2.24, 2.45) is 0 Å². The maximum atomic E-state index is 14.6. The van der Waals surface area contributed by atoms with Gasteiger partial charge in [-0.05, 0) is 61.9 Å². The van der Waals surface area contributed by atoms with Crippen molar-refractivity contribution in [3.8, 4) is 0 Å². The van der Waals surface area contributed by atoms with E-state index in [4.69, 9.17) is 23.2 Å². The van der Waals surface area contributed by atoms with Gasteiger partial charge in [-0.15, -0.1) is 11.8 Å². The summed E-state index contributed by atoms with van der Waals surface area (Å²) < 4.78 is -1.11. The minimum atomic E-state index is -1.11. The van der Waals surface area contributed by atoms with Gasteiger partial charge in [0.05, 0.1) is 12.5 Å². The van der Waals surface area contributed by atoms with Crippen LogP contribution in [0.5, 0.6) is 0 Å². The molecule has 4 aromatic rings. The highest BCUT2D eigenvalue weighted by Gasteiger charge is 2.58. The lowest BCUT2D eigenvalue weighted by molar-refractivity contribution is -0.129. The van der Waals surface area contributed by atoms with Crippen LogP contribution in [0.25, 0.3) is 10.9 Å². The monoisotopic (exact) mass is 649 g/mol. The molecule has 0 aliphatic carbocycles. The minimum Gasteiger partial charge on any atom is -0.361 e. The van der Waals surface area contributed by atoms with Gasteiger partial charge in [-0.3, -0.25) is 9.59 Å². The molecule has 3 N–H and O–H groups in total. The number of likely N-dealkylation sites (tertiary alicyclic amines) is 1. The maximum Gasteiger partial charge on any atom is 0.239 e. The van der Waals surface area contributed by atoms with Gasteiger partial charge < -0.3 is 25.4 Å². The topological polar surface area (TPSA) is 80.5 Å². The standard InChI is InChI=1S/C34H37Cl2N5O2S/c1-23-3-10-27(11-4-23)44-34(33(43)38-13-2-16-40-17-14-37-15-18-40)20-31(42)41(22-24-5-7-25(35)8-6-24)32(34)29-21-39-30-19-26(36)9-12-28(29)30/h3-12,19,21,32,37,39H,2,13-18,20,22H2,1H3,(H,38,43). The zero-order chi connectivity index (χ0) is 30.7. The number of rotatable bonds is 10. The van der Waals surface area contributed by atoms with Gasteiger partial charge in [-0.1, -0.05) is 59.1 Å². The van der Waals surface area contributed by atoms with Crippen LogP contribution in [-0.2, 0) is 16.1 Å². The number of aromatic nitrogens is 1. The van der Waals surface area contributed by atoms with Crippen molar-refractivity contribution in [3.63, 3.8) is 0 Å². The summed E-state index contributed by atoms with van der Waals surface area (Å²) in [6.07, 6.45) is 2.85. The Morgan fingerprint density at radius 2 is 1.75 bits per heavy atom. The van der Waals surface area contributed by atoms with Crippen LogP contribution in [0.15, 0.2) is 77.8 Å². The summed E-state index contributed by atoms with van der Waals surface area (Å²) in [7, 11) is 0. The molecule has 230 valence electrons. The fourth-order valence-electron chi connectivity index (χ4n) is 6.30. The SMILES string of the molecule is Cc1ccc(SC2(C(=O)NCCCN3CCNCC3)CC(=O)N(Cc3ccc(Cl)cc3)C2c2c[nH]c3cc(Cl)ccc23)cc1. The lowest BCUT2D eigenvalue weighted by Crippen LogP contribution is -2.49. The molecule has 7 nitrogen and oxygen atoms in total. The van der Waals surface area contributed by atoms with Gasteiger partial charge in [0.15, 0.2) is 0 Å². The molecule has 3 heterocycles. The summed E-state index contributed by atoms with van der Waals surface area (Å²) in [6.45, 7) is 7.88. The van der Waals surface area contributed by atoms with E-state index in [1.54, 1.807) is 0 Å². The third kappa shape index (κ3) is 6.65. The second-order valence-corrected chi connectivity index (χ2v) is 13.9. The van der Waals surface area contributed by atoms with Crippen molar-refractivity contribution in [2.45, 2.75) is 42.0 Å². The van der Waals surface area contributed by atoms with Gasteiger partial charge in [0.2, 0.25) is 11.8 Å². The van der Waals surface area contributed by atoms with E-state index < -0.39 is 10.8 Å². The number of nitrogens with zero attached hydrogens (tertiary/aromatic N) is 2. The molecule has 0 spiro atoms. The Morgan fingerprint density at radius 3 is 2.50 bits per heavy atom. The molecule has 0 saturated carbocycles. The van der Waals surface area contributed by atoms with Gasteiger partial charge in [0, 0.05) is 76.9 Å². The Hall–Kier alpha value is -3.01. The van der Waals surface area contributed by atoms with Gasteiger partial charge in [0.25, 0.3) is 0 Å². The summed E-state index contributed by atoms with van der Waals surface area (Å²) in [5.41, 5.74) is 3.84. The Balaban J connectivity index is 1.39. The average Bonchev–Trinajstić information content (AvgIpc) is 3.55. The fraction of sp³-hybridized carbons (Fsp3) is 0.353. The molecule has 2 aliphatic heterocycles. The van der Waals surface area contributed by atoms with E-state index in [9.17, 15) is 9.59 Å². The number of H-pyrrole nitrogens is 1. The van der Waals surface area contributed by atoms with Crippen LogP contribution in [0, 0.1) is 6.92 Å². The number of aryl methyl sites for hydroxylation is 1. The number of halogens is 2. The maximum absolute atomic E-state index is 14.6. The molecule has 3 aromatic carbocycles. The van der Waals surface area contributed by atoms with E-state index in [0.717, 1.165) is 71.6 Å². The Labute approximate surface area is 272 Å². The number of carbonyl (C=O) groups excluding carboxylic acids is 2. The Morgan fingerprint density at radius 1 is 1.02 bits per heavy atom. The Kier molecular flexibility index (Phi) is 9.54. The molecule has 0 bridgehead atoms. The number of aromatic amines is 1. The molecular weight excluding hydrogens is 613 g/mol. The second-order valence-electron chi connectivity index (χ2n) is 11.7. The van der Waals surface area contributed by atoms with Crippen LogP contribution in [-0.4, -0.2) is 70.6 Å². The van der Waals surface area contributed by atoms with Crippen LogP contribution in [0.3, 0.4) is 0 Å². The molecule has 44 heavy (non-hydrogen) atoms. The quantitative estimate of drug-likeness (QED) is 0.178. The summed E-state index contributed by atoms with van der Waals surface area (Å²) in [6, 6.07) is 20.9. The molecule has 2 atom stereocenters. The first-order chi connectivity index (χ1) is 21.3. The average molecular weight is 651 g/mol. The zero-order valence-electron chi connectivity index (χ0n) is 24.7. The fourth-order valence-corrected chi connectivity index (χ4v) is 8.02. The highest BCUT2D eigenvalue weighted by atomic mass is 35.5. The first-order valence-electron chi connectivity index (χ1n) is 15.1. The van der Waals surface area contributed by atoms with Gasteiger partial charge in [-0.2, -0.15) is 0 Å². The molecule has 2 unspecified atom stereocenters. The lowest BCUT2D eigenvalue weighted by Gasteiger charge is -2.36. The van der Waals surface area contributed by atoms with Crippen LogP contribution < -0.4 is 10.6 Å². The number of hydrogen-bond acceptors (Lipinski definition) is 5. The number of hydrogen-bond donors (Lipinski definition) is 3. The van der Waals surface area contributed by atoms with Crippen molar-refractivity contribution in [1.29, 1.82) is 0 Å². The van der Waals surface area contributed by atoms with Crippen molar-refractivity contribution in [3.05, 3.63) is 99.7 Å². The van der Waals surface area contributed by atoms with Gasteiger partial charge in [0.1, 0.15) is 4.75 Å². The molecule has 2 aliphatic rings. The van der Waals surface area contributed by atoms with E-state index in [-0.39, 0.29) is 18.2 Å². The molecule has 2 amide bonds. The first-order valence-corrected chi connectivity index (χ1v) is 16.7. The number of carbonyl (C=O) groups is 2. The molecule has 2 fully saturated rings. The van der Waals surface area contributed by atoms with Crippen molar-refractivity contribution >= 4 is 57.7 Å². The minimum absolute atomic E-state index is 0.0659. The van der Waals surface area contributed by atoms with E-state index >= 15 is 0 Å². The summed E-state index contributed by atoms with van der Waals surface area (Å²) in [5, 5.41) is 8.85. The number of fused-ring (bicyclic) bond motifs is 1. The van der Waals surface area contributed by atoms with Crippen molar-refractivity contribution in [1.82, 2.24) is 25.4 Å².